The van der Waals surface area contributed by atoms with Gasteiger partial charge in [0.05, 0.1) is 4.90 Å². The van der Waals surface area contributed by atoms with Crippen molar-refractivity contribution >= 4 is 21.4 Å². The quantitative estimate of drug-likeness (QED) is 0.908. The van der Waals surface area contributed by atoms with Gasteiger partial charge in [0.2, 0.25) is 10.0 Å². The van der Waals surface area contributed by atoms with Crippen LogP contribution in [0.4, 0.5) is 0 Å². The Hall–Kier alpha value is -0.430. The van der Waals surface area contributed by atoms with Gasteiger partial charge in [-0.05, 0) is 38.3 Å². The van der Waals surface area contributed by atoms with Crippen LogP contribution < -0.4 is 5.32 Å². The van der Waals surface area contributed by atoms with E-state index in [1.807, 2.05) is 20.0 Å². The molecule has 0 radical (unpaired) electrons. The minimum atomic E-state index is -3.32. The third-order valence-electron chi connectivity index (χ3n) is 4.02. The highest BCUT2D eigenvalue weighted by atomic mass is 32.2. The van der Waals surface area contributed by atoms with Gasteiger partial charge in [0.25, 0.3) is 0 Å². The summed E-state index contributed by atoms with van der Waals surface area (Å²) in [5.74, 6) is 1.03. The zero-order valence-electron chi connectivity index (χ0n) is 12.6. The molecule has 0 aromatic carbocycles. The van der Waals surface area contributed by atoms with Gasteiger partial charge in [-0.3, -0.25) is 0 Å². The molecule has 20 heavy (non-hydrogen) atoms. The molecule has 0 aliphatic carbocycles. The smallest absolute Gasteiger partial charge is 0.244 e. The lowest BCUT2D eigenvalue weighted by Crippen LogP contribution is -2.29. The Labute approximate surface area is 126 Å². The average molecular weight is 316 g/mol. The molecule has 1 aromatic rings. The molecule has 1 aliphatic rings. The predicted molar refractivity (Wildman–Crippen MR) is 83.5 cm³/mol. The maximum absolute atomic E-state index is 12.8. The summed E-state index contributed by atoms with van der Waals surface area (Å²) in [4.78, 5) is 2.46. The van der Waals surface area contributed by atoms with Crippen molar-refractivity contribution in [1.29, 1.82) is 0 Å². The summed E-state index contributed by atoms with van der Waals surface area (Å²) in [6.45, 7) is 8.27. The van der Waals surface area contributed by atoms with Crippen molar-refractivity contribution in [3.63, 3.8) is 0 Å². The average Bonchev–Trinajstić information content (AvgIpc) is 2.96. The molecule has 0 bridgehead atoms. The van der Waals surface area contributed by atoms with Crippen LogP contribution in [0.2, 0.25) is 0 Å². The number of aryl methyl sites for hydroxylation is 1. The first kappa shape index (κ1) is 15.9. The summed E-state index contributed by atoms with van der Waals surface area (Å²) < 4.78 is 27.2. The van der Waals surface area contributed by atoms with Crippen LogP contribution in [0.1, 0.15) is 30.0 Å². The molecule has 6 heteroatoms. The molecule has 0 amide bonds. The molecule has 0 saturated carbocycles. The van der Waals surface area contributed by atoms with E-state index in [1.165, 1.54) is 0 Å². The fraction of sp³-hybridized carbons (Fsp3) is 0.714. The first-order chi connectivity index (χ1) is 9.36. The monoisotopic (exact) mass is 316 g/mol. The first-order valence-corrected chi connectivity index (χ1v) is 9.36. The van der Waals surface area contributed by atoms with Gasteiger partial charge in [0, 0.05) is 29.4 Å². The summed E-state index contributed by atoms with van der Waals surface area (Å²) in [6.07, 6.45) is 0.976. The van der Waals surface area contributed by atoms with E-state index in [0.29, 0.717) is 29.8 Å². The minimum absolute atomic E-state index is 0.487. The second-order valence-corrected chi connectivity index (χ2v) is 9.07. The van der Waals surface area contributed by atoms with E-state index < -0.39 is 10.0 Å². The van der Waals surface area contributed by atoms with Crippen LogP contribution >= 0.6 is 11.3 Å². The van der Waals surface area contributed by atoms with Gasteiger partial charge in [0.1, 0.15) is 0 Å². The van der Waals surface area contributed by atoms with E-state index in [4.69, 9.17) is 0 Å². The second-order valence-electron chi connectivity index (χ2n) is 5.82. The van der Waals surface area contributed by atoms with Crippen molar-refractivity contribution in [2.45, 2.75) is 38.6 Å². The summed E-state index contributed by atoms with van der Waals surface area (Å²) in [5.41, 5.74) is 0. The summed E-state index contributed by atoms with van der Waals surface area (Å²) in [6, 6.07) is 1.83. The van der Waals surface area contributed by atoms with E-state index in [0.717, 1.165) is 22.7 Å². The Bertz CT molecular complexity index is 564. The molecule has 1 unspecified atom stereocenters. The third kappa shape index (κ3) is 3.08. The molecule has 1 atom stereocenters. The minimum Gasteiger partial charge on any atom is -0.315 e. The molecule has 2 rings (SSSR count). The van der Waals surface area contributed by atoms with Crippen LogP contribution in [0.15, 0.2) is 11.0 Å². The van der Waals surface area contributed by atoms with E-state index >= 15 is 0 Å². The van der Waals surface area contributed by atoms with E-state index in [2.05, 4.69) is 19.2 Å². The lowest BCUT2D eigenvalue weighted by molar-refractivity contribution is 0.388. The third-order valence-corrected chi connectivity index (χ3v) is 7.19. The fourth-order valence-electron chi connectivity index (χ4n) is 2.70. The van der Waals surface area contributed by atoms with E-state index in [9.17, 15) is 8.42 Å². The number of hydrogen-bond acceptors (Lipinski definition) is 4. The number of thiophene rings is 1. The first-order valence-electron chi connectivity index (χ1n) is 7.10. The van der Waals surface area contributed by atoms with Crippen molar-refractivity contribution in [3.05, 3.63) is 15.8 Å². The topological polar surface area (TPSA) is 49.4 Å². The maximum Gasteiger partial charge on any atom is 0.244 e. The van der Waals surface area contributed by atoms with Gasteiger partial charge in [-0.2, -0.15) is 4.31 Å². The van der Waals surface area contributed by atoms with Gasteiger partial charge < -0.3 is 5.32 Å². The number of rotatable bonds is 5. The molecular formula is C14H24N2O2S2. The molecule has 1 saturated heterocycles. The molecule has 0 spiro atoms. The number of sulfonamides is 1. The highest BCUT2D eigenvalue weighted by Crippen LogP contribution is 2.32. The summed E-state index contributed by atoms with van der Waals surface area (Å²) >= 11 is 1.56. The number of nitrogens with one attached hydrogen (secondary N) is 1. The Balaban J connectivity index is 2.23. The van der Waals surface area contributed by atoms with Crippen molar-refractivity contribution in [2.24, 2.45) is 11.8 Å². The summed E-state index contributed by atoms with van der Waals surface area (Å²) in [5, 5.41) is 3.07. The molecule has 4 nitrogen and oxygen atoms in total. The highest BCUT2D eigenvalue weighted by Gasteiger charge is 2.35. The van der Waals surface area contributed by atoms with E-state index in [1.54, 1.807) is 15.6 Å². The number of nitrogens with zero attached hydrogens (tertiary/aromatic N) is 1. The molecule has 1 aromatic heterocycles. The molecular weight excluding hydrogens is 292 g/mol. The molecule has 1 N–H and O–H groups in total. The Morgan fingerprint density at radius 2 is 2.20 bits per heavy atom. The van der Waals surface area contributed by atoms with Crippen molar-refractivity contribution in [2.75, 3.05) is 20.1 Å². The SMILES string of the molecule is CNCc1cc(S(=O)(=O)N2CCC(C(C)C)C2)c(C)s1. The van der Waals surface area contributed by atoms with Crippen LogP contribution in [-0.2, 0) is 16.6 Å². The van der Waals surface area contributed by atoms with Crippen LogP contribution in [0, 0.1) is 18.8 Å². The van der Waals surface area contributed by atoms with Crippen LogP contribution in [0.25, 0.3) is 0 Å². The molecule has 114 valence electrons. The summed E-state index contributed by atoms with van der Waals surface area (Å²) in [7, 11) is -1.45. The van der Waals surface area contributed by atoms with E-state index in [-0.39, 0.29) is 0 Å². The van der Waals surface area contributed by atoms with Crippen molar-refractivity contribution in [1.82, 2.24) is 9.62 Å². The Kier molecular flexibility index (Phi) is 4.89. The highest BCUT2D eigenvalue weighted by molar-refractivity contribution is 7.89. The van der Waals surface area contributed by atoms with Crippen LogP contribution in [0.5, 0.6) is 0 Å². The van der Waals surface area contributed by atoms with Crippen LogP contribution in [0.3, 0.4) is 0 Å². The van der Waals surface area contributed by atoms with Crippen molar-refractivity contribution < 1.29 is 8.42 Å². The van der Waals surface area contributed by atoms with Gasteiger partial charge in [-0.15, -0.1) is 11.3 Å². The predicted octanol–water partition coefficient (Wildman–Crippen LogP) is 2.44. The van der Waals surface area contributed by atoms with Gasteiger partial charge in [0.15, 0.2) is 0 Å². The number of hydrogen-bond donors (Lipinski definition) is 1. The molecule has 1 aliphatic heterocycles. The van der Waals surface area contributed by atoms with Gasteiger partial charge in [-0.1, -0.05) is 13.8 Å². The van der Waals surface area contributed by atoms with Crippen LogP contribution in [-0.4, -0.2) is 32.9 Å². The zero-order valence-corrected chi connectivity index (χ0v) is 14.3. The standard InChI is InChI=1S/C14H24N2O2S2/c1-10(2)12-5-6-16(9-12)20(17,18)14-7-13(8-15-4)19-11(14)3/h7,10,12,15H,5-6,8-9H2,1-4H3. The molecule has 2 heterocycles. The molecule has 1 fully saturated rings. The lowest BCUT2D eigenvalue weighted by Gasteiger charge is -2.18. The Morgan fingerprint density at radius 3 is 2.75 bits per heavy atom. The van der Waals surface area contributed by atoms with Gasteiger partial charge >= 0.3 is 0 Å². The fourth-order valence-corrected chi connectivity index (χ4v) is 5.82. The van der Waals surface area contributed by atoms with Crippen molar-refractivity contribution in [3.8, 4) is 0 Å². The van der Waals surface area contributed by atoms with Gasteiger partial charge in [-0.25, -0.2) is 8.42 Å². The largest absolute Gasteiger partial charge is 0.315 e. The normalized spacial score (nSPS) is 20.9. The maximum atomic E-state index is 12.8. The second kappa shape index (κ2) is 6.13. The lowest BCUT2D eigenvalue weighted by atomic mass is 9.96. The zero-order chi connectivity index (χ0) is 14.9. The Morgan fingerprint density at radius 1 is 1.50 bits per heavy atom.